The van der Waals surface area contributed by atoms with Crippen molar-refractivity contribution in [3.05, 3.63) is 64.8 Å². The van der Waals surface area contributed by atoms with E-state index in [2.05, 4.69) is 20.3 Å². The number of hydrogen-bond donors (Lipinski definition) is 1. The summed E-state index contributed by atoms with van der Waals surface area (Å²) in [6, 6.07) is 7.87. The third-order valence-electron chi connectivity index (χ3n) is 3.45. The van der Waals surface area contributed by atoms with Crippen molar-refractivity contribution in [2.75, 3.05) is 17.3 Å². The number of anilines is 2. The van der Waals surface area contributed by atoms with Crippen LogP contribution in [0.3, 0.4) is 0 Å². The lowest BCUT2D eigenvalue weighted by molar-refractivity contribution is 0.102. The maximum absolute atomic E-state index is 13.0. The number of carbonyl (C=O) groups excluding carboxylic acids is 1. The smallest absolute Gasteiger partial charge is 0.276 e. The fraction of sp³-hybridized carbons (Fsp3) is 0.176. The van der Waals surface area contributed by atoms with Gasteiger partial charge >= 0.3 is 0 Å². The van der Waals surface area contributed by atoms with Crippen LogP contribution in [0.2, 0.25) is 0 Å². The lowest BCUT2D eigenvalue weighted by Gasteiger charge is -2.18. The Morgan fingerprint density at radius 2 is 2.04 bits per heavy atom. The van der Waals surface area contributed by atoms with Crippen molar-refractivity contribution >= 4 is 28.2 Å². The van der Waals surface area contributed by atoms with Crippen LogP contribution in [0.5, 0.6) is 0 Å². The molecule has 3 aromatic rings. The van der Waals surface area contributed by atoms with Crippen molar-refractivity contribution in [3.8, 4) is 0 Å². The van der Waals surface area contributed by atoms with E-state index in [-0.39, 0.29) is 17.4 Å². The molecule has 128 valence electrons. The van der Waals surface area contributed by atoms with Crippen molar-refractivity contribution in [2.24, 2.45) is 0 Å². The van der Waals surface area contributed by atoms with Crippen LogP contribution in [-0.2, 0) is 6.54 Å². The number of thiazole rings is 1. The molecule has 1 aromatic carbocycles. The highest BCUT2D eigenvalue weighted by molar-refractivity contribution is 7.13. The number of nitrogens with zero attached hydrogens (tertiary/aromatic N) is 4. The van der Waals surface area contributed by atoms with Crippen LogP contribution in [-0.4, -0.2) is 27.9 Å². The summed E-state index contributed by atoms with van der Waals surface area (Å²) in [6.07, 6.45) is 1.35. The monoisotopic (exact) mass is 357 g/mol. The summed E-state index contributed by atoms with van der Waals surface area (Å²) in [7, 11) is 1.84. The number of nitrogens with one attached hydrogen (secondary N) is 1. The molecular weight excluding hydrogens is 341 g/mol. The van der Waals surface area contributed by atoms with E-state index in [1.807, 2.05) is 24.3 Å². The van der Waals surface area contributed by atoms with Gasteiger partial charge < -0.3 is 4.90 Å². The summed E-state index contributed by atoms with van der Waals surface area (Å²) in [6.45, 7) is 2.39. The first-order chi connectivity index (χ1) is 12.0. The molecule has 1 amide bonds. The number of halogens is 1. The molecule has 0 saturated heterocycles. The van der Waals surface area contributed by atoms with Crippen LogP contribution in [0, 0.1) is 12.7 Å². The molecule has 2 aromatic heterocycles. The van der Waals surface area contributed by atoms with Gasteiger partial charge in [0.05, 0.1) is 5.69 Å². The maximum atomic E-state index is 13.0. The molecule has 0 spiro atoms. The Kier molecular flexibility index (Phi) is 4.99. The van der Waals surface area contributed by atoms with Crippen molar-refractivity contribution < 1.29 is 9.18 Å². The first-order valence-corrected chi connectivity index (χ1v) is 8.40. The molecule has 0 fully saturated rings. The zero-order valence-corrected chi connectivity index (χ0v) is 14.5. The van der Waals surface area contributed by atoms with Crippen molar-refractivity contribution in [3.63, 3.8) is 0 Å². The predicted molar refractivity (Wildman–Crippen MR) is 95.3 cm³/mol. The minimum atomic E-state index is -0.340. The Labute approximate surface area is 148 Å². The normalized spacial score (nSPS) is 10.5. The molecular formula is C17H16FN5OS. The van der Waals surface area contributed by atoms with E-state index >= 15 is 0 Å². The molecule has 8 heteroatoms. The molecule has 0 atom stereocenters. The third-order valence-corrected chi connectivity index (χ3v) is 4.32. The molecule has 0 aliphatic heterocycles. The number of benzene rings is 1. The second kappa shape index (κ2) is 7.35. The van der Waals surface area contributed by atoms with Gasteiger partial charge in [0, 0.05) is 25.0 Å². The molecule has 25 heavy (non-hydrogen) atoms. The second-order valence-corrected chi connectivity index (χ2v) is 6.35. The number of carbonyl (C=O) groups is 1. The quantitative estimate of drug-likeness (QED) is 0.759. The van der Waals surface area contributed by atoms with Gasteiger partial charge in [-0.3, -0.25) is 10.1 Å². The topological polar surface area (TPSA) is 71.0 Å². The maximum Gasteiger partial charge on any atom is 0.276 e. The number of rotatable bonds is 5. The summed E-state index contributed by atoms with van der Waals surface area (Å²) < 4.78 is 13.0. The van der Waals surface area contributed by atoms with Gasteiger partial charge in [0.1, 0.15) is 23.7 Å². The Morgan fingerprint density at radius 1 is 1.28 bits per heavy atom. The lowest BCUT2D eigenvalue weighted by atomic mass is 10.2. The minimum absolute atomic E-state index is 0.254. The standard InChI is InChI=1S/C17H16FN5OS/c1-11-9-25-17(21-11)22-16(24)14-7-15(20-10-19-14)23(2)8-12-3-5-13(18)6-4-12/h3-7,9-10H,8H2,1-2H3,(H,21,22,24). The highest BCUT2D eigenvalue weighted by Gasteiger charge is 2.13. The van der Waals surface area contributed by atoms with Gasteiger partial charge in [0.15, 0.2) is 5.13 Å². The van der Waals surface area contributed by atoms with E-state index in [1.54, 1.807) is 18.2 Å². The van der Waals surface area contributed by atoms with Gasteiger partial charge in [0.25, 0.3) is 5.91 Å². The zero-order valence-electron chi connectivity index (χ0n) is 13.7. The van der Waals surface area contributed by atoms with E-state index in [0.717, 1.165) is 11.3 Å². The molecule has 0 radical (unpaired) electrons. The van der Waals surface area contributed by atoms with Crippen LogP contribution < -0.4 is 10.2 Å². The minimum Gasteiger partial charge on any atom is -0.355 e. The molecule has 0 aliphatic rings. The largest absolute Gasteiger partial charge is 0.355 e. The summed E-state index contributed by atoms with van der Waals surface area (Å²) >= 11 is 1.36. The molecule has 0 unspecified atom stereocenters. The molecule has 2 heterocycles. The van der Waals surface area contributed by atoms with E-state index in [4.69, 9.17) is 0 Å². The third kappa shape index (κ3) is 4.36. The van der Waals surface area contributed by atoms with E-state index < -0.39 is 0 Å². The Morgan fingerprint density at radius 3 is 2.72 bits per heavy atom. The van der Waals surface area contributed by atoms with Gasteiger partial charge in [-0.2, -0.15) is 0 Å². The highest BCUT2D eigenvalue weighted by Crippen LogP contribution is 2.17. The van der Waals surface area contributed by atoms with Crippen molar-refractivity contribution in [2.45, 2.75) is 13.5 Å². The number of aromatic nitrogens is 3. The predicted octanol–water partition coefficient (Wildman–Crippen LogP) is 3.27. The molecule has 6 nitrogen and oxygen atoms in total. The van der Waals surface area contributed by atoms with E-state index in [1.165, 1.54) is 29.8 Å². The van der Waals surface area contributed by atoms with Gasteiger partial charge in [-0.1, -0.05) is 12.1 Å². The average molecular weight is 357 g/mol. The molecule has 0 bridgehead atoms. The molecule has 0 aliphatic carbocycles. The molecule has 1 N–H and O–H groups in total. The summed E-state index contributed by atoms with van der Waals surface area (Å²) in [5.74, 6) is -0.0159. The summed E-state index contributed by atoms with van der Waals surface area (Å²) in [5.41, 5.74) is 2.04. The van der Waals surface area contributed by atoms with E-state index in [9.17, 15) is 9.18 Å². The lowest BCUT2D eigenvalue weighted by Crippen LogP contribution is -2.20. The van der Waals surface area contributed by atoms with Crippen molar-refractivity contribution in [1.29, 1.82) is 0 Å². The van der Waals surface area contributed by atoms with Crippen LogP contribution in [0.15, 0.2) is 42.0 Å². The zero-order chi connectivity index (χ0) is 17.8. The SMILES string of the molecule is Cc1csc(NC(=O)c2cc(N(C)Cc3ccc(F)cc3)ncn2)n1. The summed E-state index contributed by atoms with van der Waals surface area (Å²) in [5, 5.41) is 5.11. The molecule has 3 rings (SSSR count). The molecule has 0 saturated carbocycles. The van der Waals surface area contributed by atoms with Gasteiger partial charge in [-0.15, -0.1) is 11.3 Å². The highest BCUT2D eigenvalue weighted by atomic mass is 32.1. The van der Waals surface area contributed by atoms with Crippen LogP contribution in [0.1, 0.15) is 21.7 Å². The fourth-order valence-corrected chi connectivity index (χ4v) is 2.88. The number of amides is 1. The number of hydrogen-bond acceptors (Lipinski definition) is 6. The van der Waals surface area contributed by atoms with Gasteiger partial charge in [-0.05, 0) is 24.6 Å². The Bertz CT molecular complexity index is 881. The first kappa shape index (κ1) is 17.0. The second-order valence-electron chi connectivity index (χ2n) is 5.49. The van der Waals surface area contributed by atoms with Gasteiger partial charge in [-0.25, -0.2) is 19.3 Å². The average Bonchev–Trinajstić information content (AvgIpc) is 3.02. The summed E-state index contributed by atoms with van der Waals surface area (Å²) in [4.78, 5) is 26.6. The first-order valence-electron chi connectivity index (χ1n) is 7.52. The number of aryl methyl sites for hydroxylation is 1. The Hall–Kier alpha value is -2.87. The van der Waals surface area contributed by atoms with Crippen LogP contribution in [0.4, 0.5) is 15.3 Å². The van der Waals surface area contributed by atoms with Crippen LogP contribution in [0.25, 0.3) is 0 Å². The van der Waals surface area contributed by atoms with Crippen LogP contribution >= 0.6 is 11.3 Å². The fourth-order valence-electron chi connectivity index (χ4n) is 2.20. The van der Waals surface area contributed by atoms with Gasteiger partial charge in [0.2, 0.25) is 0 Å². The van der Waals surface area contributed by atoms with E-state index in [0.29, 0.717) is 17.5 Å². The van der Waals surface area contributed by atoms with Crippen molar-refractivity contribution in [1.82, 2.24) is 15.0 Å². The Balaban J connectivity index is 1.71.